The number of nitrogens with zero attached hydrogens (tertiary/aromatic N) is 2. The van der Waals surface area contributed by atoms with E-state index in [0.29, 0.717) is 30.3 Å². The number of rotatable bonds is 5. The molecule has 1 aromatic carbocycles. The third kappa shape index (κ3) is 4.05. The molecule has 1 aromatic rings. The fourth-order valence-electron chi connectivity index (χ4n) is 4.16. The normalized spacial score (nSPS) is 22.1. The summed E-state index contributed by atoms with van der Waals surface area (Å²) in [6.45, 7) is 10.3. The number of amides is 2. The molecule has 2 amide bonds. The van der Waals surface area contributed by atoms with Crippen LogP contribution in [0.3, 0.4) is 0 Å². The summed E-state index contributed by atoms with van der Waals surface area (Å²) in [5.41, 5.74) is 0.351. The molecule has 0 unspecified atom stereocenters. The lowest BCUT2D eigenvalue weighted by atomic mass is 9.86. The zero-order valence-electron chi connectivity index (χ0n) is 17.9. The third-order valence-electron chi connectivity index (χ3n) is 5.72. The van der Waals surface area contributed by atoms with Crippen molar-refractivity contribution >= 4 is 27.5 Å². The van der Waals surface area contributed by atoms with Crippen LogP contribution in [-0.4, -0.2) is 50.2 Å². The molecule has 160 valence electrons. The fourth-order valence-corrected chi connectivity index (χ4v) is 5.78. The first-order valence-electron chi connectivity index (χ1n) is 10.2. The maximum Gasteiger partial charge on any atom is 0.243 e. The minimum absolute atomic E-state index is 0.0212. The lowest BCUT2D eigenvalue weighted by Gasteiger charge is -2.30. The maximum absolute atomic E-state index is 13.2. The molecular formula is C21H31N3O4S. The Balaban J connectivity index is 1.95. The van der Waals surface area contributed by atoms with Crippen LogP contribution in [-0.2, 0) is 25.0 Å². The summed E-state index contributed by atoms with van der Waals surface area (Å²) in [6, 6.07) is 4.80. The van der Waals surface area contributed by atoms with Gasteiger partial charge in [-0.25, -0.2) is 8.42 Å². The van der Waals surface area contributed by atoms with Crippen LogP contribution < -0.4 is 10.2 Å². The van der Waals surface area contributed by atoms with E-state index < -0.39 is 15.4 Å². The van der Waals surface area contributed by atoms with Crippen molar-refractivity contribution in [2.45, 2.75) is 63.8 Å². The van der Waals surface area contributed by atoms with Gasteiger partial charge in [0.2, 0.25) is 21.8 Å². The quantitative estimate of drug-likeness (QED) is 0.790. The van der Waals surface area contributed by atoms with E-state index in [-0.39, 0.29) is 29.3 Å². The van der Waals surface area contributed by atoms with Gasteiger partial charge in [-0.05, 0) is 70.2 Å². The molecule has 2 aliphatic rings. The van der Waals surface area contributed by atoms with Gasteiger partial charge >= 0.3 is 0 Å². The highest BCUT2D eigenvalue weighted by Gasteiger charge is 2.45. The van der Waals surface area contributed by atoms with E-state index in [1.54, 1.807) is 36.4 Å². The van der Waals surface area contributed by atoms with Gasteiger partial charge in [0.05, 0.1) is 10.3 Å². The van der Waals surface area contributed by atoms with E-state index in [4.69, 9.17) is 0 Å². The predicted molar refractivity (Wildman–Crippen MR) is 112 cm³/mol. The molecule has 3 rings (SSSR count). The highest BCUT2D eigenvalue weighted by Crippen LogP contribution is 2.42. The molecule has 1 N–H and O–H groups in total. The van der Waals surface area contributed by atoms with Crippen molar-refractivity contribution in [2.75, 3.05) is 24.5 Å². The summed E-state index contributed by atoms with van der Waals surface area (Å²) in [5, 5.41) is 2.80. The smallest absolute Gasteiger partial charge is 0.243 e. The van der Waals surface area contributed by atoms with Gasteiger partial charge in [0.25, 0.3) is 0 Å². The summed E-state index contributed by atoms with van der Waals surface area (Å²) in [6.07, 6.45) is 1.89. The minimum Gasteiger partial charge on any atom is -0.352 e. The van der Waals surface area contributed by atoms with Crippen LogP contribution in [0.1, 0.15) is 53.0 Å². The van der Waals surface area contributed by atoms with Crippen LogP contribution >= 0.6 is 0 Å². The van der Waals surface area contributed by atoms with Gasteiger partial charge in [0.1, 0.15) is 6.54 Å². The van der Waals surface area contributed by atoms with Crippen LogP contribution in [0, 0.1) is 5.92 Å². The summed E-state index contributed by atoms with van der Waals surface area (Å²) in [7, 11) is -3.62. The van der Waals surface area contributed by atoms with E-state index >= 15 is 0 Å². The van der Waals surface area contributed by atoms with Crippen LogP contribution in [0.15, 0.2) is 23.1 Å². The molecule has 1 fully saturated rings. The van der Waals surface area contributed by atoms with Gasteiger partial charge in [-0.2, -0.15) is 4.31 Å². The highest BCUT2D eigenvalue weighted by atomic mass is 32.2. The molecule has 0 saturated carbocycles. The van der Waals surface area contributed by atoms with Gasteiger partial charge < -0.3 is 10.2 Å². The molecule has 1 saturated heterocycles. The van der Waals surface area contributed by atoms with Crippen LogP contribution in [0.5, 0.6) is 0 Å². The number of hydrogen-bond donors (Lipinski definition) is 1. The van der Waals surface area contributed by atoms with E-state index in [1.165, 1.54) is 4.90 Å². The Morgan fingerprint density at radius 1 is 1.31 bits per heavy atom. The Bertz CT molecular complexity index is 924. The minimum atomic E-state index is -3.62. The van der Waals surface area contributed by atoms with E-state index in [0.717, 1.165) is 12.8 Å². The van der Waals surface area contributed by atoms with Gasteiger partial charge in [-0.3, -0.25) is 9.59 Å². The van der Waals surface area contributed by atoms with Crippen molar-refractivity contribution in [3.63, 3.8) is 0 Å². The van der Waals surface area contributed by atoms with E-state index in [9.17, 15) is 18.0 Å². The molecule has 7 nitrogen and oxygen atoms in total. The van der Waals surface area contributed by atoms with Crippen molar-refractivity contribution in [3.8, 4) is 0 Å². The largest absolute Gasteiger partial charge is 0.352 e. The van der Waals surface area contributed by atoms with Crippen molar-refractivity contribution in [1.82, 2.24) is 9.62 Å². The number of benzene rings is 1. The van der Waals surface area contributed by atoms with Gasteiger partial charge in [-0.1, -0.05) is 6.92 Å². The second-order valence-corrected chi connectivity index (χ2v) is 11.0. The van der Waals surface area contributed by atoms with Gasteiger partial charge in [0, 0.05) is 24.8 Å². The molecule has 8 heteroatoms. The summed E-state index contributed by atoms with van der Waals surface area (Å²) in [5.74, 6) is -0.107. The number of fused-ring (bicyclic) bond motifs is 1. The molecule has 0 aliphatic carbocycles. The maximum atomic E-state index is 13.2. The fraction of sp³-hybridized carbons (Fsp3) is 0.619. The molecule has 1 atom stereocenters. The number of piperidine rings is 1. The summed E-state index contributed by atoms with van der Waals surface area (Å²) < 4.78 is 27.9. The molecule has 0 aromatic heterocycles. The predicted octanol–water partition coefficient (Wildman–Crippen LogP) is 2.26. The zero-order valence-corrected chi connectivity index (χ0v) is 18.7. The number of sulfonamides is 1. The van der Waals surface area contributed by atoms with Crippen LogP contribution in [0.4, 0.5) is 5.69 Å². The molecule has 0 spiro atoms. The number of anilines is 1. The number of carbonyl (C=O) groups excluding carboxylic acids is 2. The monoisotopic (exact) mass is 421 g/mol. The average Bonchev–Trinajstić information content (AvgIpc) is 2.81. The van der Waals surface area contributed by atoms with Crippen molar-refractivity contribution in [2.24, 2.45) is 5.92 Å². The lowest BCUT2D eigenvalue weighted by molar-refractivity contribution is -0.125. The average molecular weight is 422 g/mol. The summed E-state index contributed by atoms with van der Waals surface area (Å²) in [4.78, 5) is 26.9. The van der Waals surface area contributed by atoms with Crippen molar-refractivity contribution in [3.05, 3.63) is 23.8 Å². The topological polar surface area (TPSA) is 86.8 Å². The number of nitrogens with one attached hydrogen (secondary N) is 1. The summed E-state index contributed by atoms with van der Waals surface area (Å²) >= 11 is 0. The van der Waals surface area contributed by atoms with Crippen LogP contribution in [0.2, 0.25) is 0 Å². The van der Waals surface area contributed by atoms with Crippen molar-refractivity contribution < 1.29 is 18.0 Å². The first-order valence-corrected chi connectivity index (χ1v) is 11.6. The standard InChI is InChI=1S/C21H31N3O4S/c1-14(2)22-19(25)13-24-18-9-8-16(11-17(18)21(4,5)20(24)26)29(27,28)23-10-6-7-15(3)12-23/h8-9,11,14-15H,6-7,10,12-13H2,1-5H3,(H,22,25)/t15-/m1/s1. The molecule has 2 heterocycles. The Morgan fingerprint density at radius 3 is 2.62 bits per heavy atom. The zero-order chi connectivity index (χ0) is 21.6. The molecular weight excluding hydrogens is 390 g/mol. The number of carbonyl (C=O) groups is 2. The van der Waals surface area contributed by atoms with Gasteiger partial charge in [-0.15, -0.1) is 0 Å². The first-order chi connectivity index (χ1) is 13.4. The lowest BCUT2D eigenvalue weighted by Crippen LogP contribution is -2.44. The SMILES string of the molecule is CC(C)NC(=O)CN1C(=O)C(C)(C)c2cc(S(=O)(=O)N3CCC[C@@H](C)C3)ccc21. The first kappa shape index (κ1) is 21.8. The van der Waals surface area contributed by atoms with Crippen molar-refractivity contribution in [1.29, 1.82) is 0 Å². The molecule has 0 radical (unpaired) electrons. The third-order valence-corrected chi connectivity index (χ3v) is 7.58. The Kier molecular flexibility index (Phi) is 5.80. The Labute approximate surface area is 173 Å². The molecule has 29 heavy (non-hydrogen) atoms. The van der Waals surface area contributed by atoms with Gasteiger partial charge in [0.15, 0.2) is 0 Å². The van der Waals surface area contributed by atoms with E-state index in [1.807, 2.05) is 13.8 Å². The Hall–Kier alpha value is -1.93. The van der Waals surface area contributed by atoms with Crippen LogP contribution in [0.25, 0.3) is 0 Å². The molecule has 0 bridgehead atoms. The van der Waals surface area contributed by atoms with E-state index in [2.05, 4.69) is 12.2 Å². The Morgan fingerprint density at radius 2 is 2.00 bits per heavy atom. The molecule has 2 aliphatic heterocycles. The highest BCUT2D eigenvalue weighted by molar-refractivity contribution is 7.89. The second kappa shape index (κ2) is 7.72. The second-order valence-electron chi connectivity index (χ2n) is 9.03. The number of hydrogen-bond acceptors (Lipinski definition) is 4.